The molecular formula is C15H17ClO2. The van der Waals surface area contributed by atoms with Crippen molar-refractivity contribution in [2.45, 2.75) is 25.6 Å². The minimum absolute atomic E-state index is 0.335. The van der Waals surface area contributed by atoms with Crippen LogP contribution in [0.5, 0.6) is 0 Å². The number of aliphatic hydroxyl groups is 2. The molecule has 3 heteroatoms. The van der Waals surface area contributed by atoms with Crippen LogP contribution in [0.15, 0.2) is 36.4 Å². The topological polar surface area (TPSA) is 40.5 Å². The Hall–Kier alpha value is -1.09. The maximum atomic E-state index is 10.3. The number of fused-ring (bicyclic) bond motifs is 1. The molecule has 0 aromatic heterocycles. The van der Waals surface area contributed by atoms with E-state index in [4.69, 9.17) is 11.6 Å². The largest absolute Gasteiger partial charge is 0.390 e. The zero-order chi connectivity index (χ0) is 13.1. The van der Waals surface area contributed by atoms with Crippen molar-refractivity contribution in [1.29, 1.82) is 0 Å². The number of rotatable bonds is 4. The summed E-state index contributed by atoms with van der Waals surface area (Å²) in [4.78, 5) is 0. The molecule has 0 fully saturated rings. The molecule has 2 aromatic carbocycles. The molecular weight excluding hydrogens is 248 g/mol. The molecule has 0 radical (unpaired) electrons. The van der Waals surface area contributed by atoms with Gasteiger partial charge in [-0.25, -0.2) is 0 Å². The van der Waals surface area contributed by atoms with Gasteiger partial charge in [-0.3, -0.25) is 0 Å². The predicted molar refractivity (Wildman–Crippen MR) is 75.0 cm³/mol. The number of aliphatic hydroxyl groups excluding tert-OH is 2. The number of hydrogen-bond donors (Lipinski definition) is 2. The van der Waals surface area contributed by atoms with Gasteiger partial charge in [0.2, 0.25) is 0 Å². The number of hydrogen-bond acceptors (Lipinski definition) is 2. The van der Waals surface area contributed by atoms with E-state index in [1.54, 1.807) is 0 Å². The third-order valence-corrected chi connectivity index (χ3v) is 3.47. The molecule has 0 heterocycles. The Labute approximate surface area is 112 Å². The average Bonchev–Trinajstić information content (AvgIpc) is 2.38. The summed E-state index contributed by atoms with van der Waals surface area (Å²) >= 11 is 5.61. The van der Waals surface area contributed by atoms with E-state index in [1.807, 2.05) is 43.3 Å². The highest BCUT2D eigenvalue weighted by atomic mass is 35.5. The van der Waals surface area contributed by atoms with Gasteiger partial charge in [-0.15, -0.1) is 11.6 Å². The minimum Gasteiger partial charge on any atom is -0.390 e. The molecule has 2 unspecified atom stereocenters. The van der Waals surface area contributed by atoms with E-state index in [2.05, 4.69) is 0 Å². The summed E-state index contributed by atoms with van der Waals surface area (Å²) < 4.78 is 0. The molecule has 0 spiro atoms. The van der Waals surface area contributed by atoms with Crippen molar-refractivity contribution >= 4 is 22.4 Å². The zero-order valence-electron chi connectivity index (χ0n) is 10.3. The van der Waals surface area contributed by atoms with Crippen LogP contribution in [0.25, 0.3) is 10.8 Å². The first-order valence-electron chi connectivity index (χ1n) is 6.05. The lowest BCUT2D eigenvalue weighted by atomic mass is 9.92. The Kier molecular flexibility index (Phi) is 4.23. The van der Waals surface area contributed by atoms with E-state index in [0.717, 1.165) is 21.9 Å². The van der Waals surface area contributed by atoms with E-state index in [0.29, 0.717) is 12.3 Å². The SMILES string of the molecule is Cc1ccc2ccccc2c1C(O)C(O)CCCl. The van der Waals surface area contributed by atoms with Crippen LogP contribution < -0.4 is 0 Å². The van der Waals surface area contributed by atoms with E-state index in [9.17, 15) is 10.2 Å². The summed E-state index contributed by atoms with van der Waals surface area (Å²) in [6.07, 6.45) is -1.34. The van der Waals surface area contributed by atoms with Gasteiger partial charge in [0.05, 0.1) is 6.10 Å². The molecule has 0 saturated carbocycles. The summed E-state index contributed by atoms with van der Waals surface area (Å²) in [5.41, 5.74) is 1.78. The van der Waals surface area contributed by atoms with Crippen LogP contribution >= 0.6 is 11.6 Å². The van der Waals surface area contributed by atoms with Crippen LogP contribution in [0.1, 0.15) is 23.7 Å². The van der Waals surface area contributed by atoms with Crippen molar-refractivity contribution in [3.05, 3.63) is 47.5 Å². The quantitative estimate of drug-likeness (QED) is 0.833. The van der Waals surface area contributed by atoms with Crippen LogP contribution in [0.3, 0.4) is 0 Å². The minimum atomic E-state index is -0.894. The second-order valence-electron chi connectivity index (χ2n) is 4.51. The summed E-state index contributed by atoms with van der Waals surface area (Å²) in [6.45, 7) is 1.94. The molecule has 2 rings (SSSR count). The lowest BCUT2D eigenvalue weighted by molar-refractivity contribution is 0.0175. The molecule has 2 nitrogen and oxygen atoms in total. The van der Waals surface area contributed by atoms with E-state index < -0.39 is 12.2 Å². The summed E-state index contributed by atoms with van der Waals surface area (Å²) in [7, 11) is 0. The molecule has 2 aromatic rings. The molecule has 2 N–H and O–H groups in total. The van der Waals surface area contributed by atoms with Crippen molar-refractivity contribution in [3.63, 3.8) is 0 Å². The van der Waals surface area contributed by atoms with Gasteiger partial charge in [-0.05, 0) is 35.2 Å². The highest BCUT2D eigenvalue weighted by molar-refractivity contribution is 6.17. The fourth-order valence-electron chi connectivity index (χ4n) is 2.26. The maximum absolute atomic E-state index is 10.3. The monoisotopic (exact) mass is 264 g/mol. The van der Waals surface area contributed by atoms with Gasteiger partial charge in [-0.1, -0.05) is 36.4 Å². The smallest absolute Gasteiger partial charge is 0.106 e. The summed E-state index contributed by atoms with van der Waals surface area (Å²) in [5, 5.41) is 22.3. The Morgan fingerprint density at radius 2 is 1.83 bits per heavy atom. The zero-order valence-corrected chi connectivity index (χ0v) is 11.1. The Balaban J connectivity index is 2.51. The number of halogens is 1. The van der Waals surface area contributed by atoms with Crippen LogP contribution in [0, 0.1) is 6.92 Å². The summed E-state index contributed by atoms with van der Waals surface area (Å²) in [5.74, 6) is 0.335. The van der Waals surface area contributed by atoms with Crippen LogP contribution in [-0.2, 0) is 0 Å². The standard InChI is InChI=1S/C15H17ClO2/c1-10-6-7-11-4-2-3-5-12(11)14(10)15(18)13(17)8-9-16/h2-7,13,15,17-18H,8-9H2,1H3. The Bertz CT molecular complexity index is 539. The van der Waals surface area contributed by atoms with Crippen molar-refractivity contribution in [2.24, 2.45) is 0 Å². The van der Waals surface area contributed by atoms with Crippen molar-refractivity contribution < 1.29 is 10.2 Å². The van der Waals surface area contributed by atoms with Crippen LogP contribution in [0.4, 0.5) is 0 Å². The van der Waals surface area contributed by atoms with Gasteiger partial charge >= 0.3 is 0 Å². The second kappa shape index (κ2) is 5.70. The second-order valence-corrected chi connectivity index (χ2v) is 4.89. The molecule has 0 bridgehead atoms. The first-order valence-corrected chi connectivity index (χ1v) is 6.59. The fourth-order valence-corrected chi connectivity index (χ4v) is 2.48. The van der Waals surface area contributed by atoms with E-state index >= 15 is 0 Å². The maximum Gasteiger partial charge on any atom is 0.106 e. The lowest BCUT2D eigenvalue weighted by Crippen LogP contribution is -2.19. The van der Waals surface area contributed by atoms with Crippen LogP contribution in [-0.4, -0.2) is 22.2 Å². The summed E-state index contributed by atoms with van der Waals surface area (Å²) in [6, 6.07) is 11.9. The molecule has 2 atom stereocenters. The Morgan fingerprint density at radius 3 is 2.56 bits per heavy atom. The van der Waals surface area contributed by atoms with Crippen molar-refractivity contribution in [1.82, 2.24) is 0 Å². The molecule has 0 amide bonds. The first-order chi connectivity index (χ1) is 8.65. The predicted octanol–water partition coefficient (Wildman–Crippen LogP) is 3.17. The van der Waals surface area contributed by atoms with Crippen molar-refractivity contribution in [2.75, 3.05) is 5.88 Å². The van der Waals surface area contributed by atoms with Gasteiger partial charge in [0.25, 0.3) is 0 Å². The molecule has 0 saturated heterocycles. The van der Waals surface area contributed by atoms with Gasteiger partial charge < -0.3 is 10.2 Å². The number of alkyl halides is 1. The highest BCUT2D eigenvalue weighted by Gasteiger charge is 2.21. The van der Waals surface area contributed by atoms with Gasteiger partial charge in [0.15, 0.2) is 0 Å². The normalized spacial score (nSPS) is 14.7. The number of aryl methyl sites for hydroxylation is 1. The van der Waals surface area contributed by atoms with E-state index in [-0.39, 0.29) is 0 Å². The van der Waals surface area contributed by atoms with Gasteiger partial charge in [-0.2, -0.15) is 0 Å². The van der Waals surface area contributed by atoms with Gasteiger partial charge in [0.1, 0.15) is 6.10 Å². The molecule has 0 aliphatic carbocycles. The molecule has 0 aliphatic heterocycles. The first kappa shape index (κ1) is 13.3. The van der Waals surface area contributed by atoms with Crippen LogP contribution in [0.2, 0.25) is 0 Å². The molecule has 96 valence electrons. The third-order valence-electron chi connectivity index (χ3n) is 3.25. The number of benzene rings is 2. The Morgan fingerprint density at radius 1 is 1.11 bits per heavy atom. The highest BCUT2D eigenvalue weighted by Crippen LogP contribution is 2.30. The molecule has 18 heavy (non-hydrogen) atoms. The average molecular weight is 265 g/mol. The molecule has 0 aliphatic rings. The fraction of sp³-hybridized carbons (Fsp3) is 0.333. The van der Waals surface area contributed by atoms with Gasteiger partial charge in [0, 0.05) is 5.88 Å². The lowest BCUT2D eigenvalue weighted by Gasteiger charge is -2.21. The van der Waals surface area contributed by atoms with Crippen molar-refractivity contribution in [3.8, 4) is 0 Å². The third kappa shape index (κ3) is 2.51. The van der Waals surface area contributed by atoms with E-state index in [1.165, 1.54) is 0 Å².